The van der Waals surface area contributed by atoms with E-state index < -0.39 is 6.10 Å². The number of carbonyl (C=O) groups excluding carboxylic acids is 1. The highest BCUT2D eigenvalue weighted by atomic mass is 32.2. The van der Waals surface area contributed by atoms with Crippen LogP contribution in [0.1, 0.15) is 25.0 Å². The first kappa shape index (κ1) is 13.4. The van der Waals surface area contributed by atoms with E-state index >= 15 is 0 Å². The number of rotatable bonds is 4. The van der Waals surface area contributed by atoms with Crippen molar-refractivity contribution in [2.24, 2.45) is 0 Å². The molecule has 1 heterocycles. The summed E-state index contributed by atoms with van der Waals surface area (Å²) >= 11 is 1.50. The largest absolute Gasteiger partial charge is 0.396 e. The summed E-state index contributed by atoms with van der Waals surface area (Å²) in [5.41, 5.74) is 1.74. The molecule has 0 radical (unpaired) electrons. The van der Waals surface area contributed by atoms with Crippen LogP contribution >= 0.6 is 11.8 Å². The number of carbonyl (C=O) groups is 1. The van der Waals surface area contributed by atoms with Gasteiger partial charge in [0.15, 0.2) is 0 Å². The molecule has 0 aliphatic carbocycles. The van der Waals surface area contributed by atoms with Gasteiger partial charge in [-0.2, -0.15) is 0 Å². The highest BCUT2D eigenvalue weighted by molar-refractivity contribution is 8.00. The molecule has 18 heavy (non-hydrogen) atoms. The summed E-state index contributed by atoms with van der Waals surface area (Å²) in [4.78, 5) is 14.6. The number of nitrogens with zero attached hydrogens (tertiary/aromatic N) is 1. The van der Waals surface area contributed by atoms with E-state index in [9.17, 15) is 9.90 Å². The predicted molar refractivity (Wildman–Crippen MR) is 71.9 cm³/mol. The van der Waals surface area contributed by atoms with Crippen LogP contribution in [0.4, 0.5) is 5.69 Å². The average molecular weight is 267 g/mol. The number of aliphatic hydroxyl groups is 2. The molecule has 1 aliphatic rings. The van der Waals surface area contributed by atoms with Crippen molar-refractivity contribution in [3.63, 3.8) is 0 Å². The van der Waals surface area contributed by atoms with Gasteiger partial charge in [0.05, 0.1) is 17.5 Å². The number of thioether (sulfide) groups is 1. The number of benzene rings is 1. The van der Waals surface area contributed by atoms with E-state index in [2.05, 4.69) is 0 Å². The molecule has 2 rings (SSSR count). The predicted octanol–water partition coefficient (Wildman–Crippen LogP) is 1.56. The van der Waals surface area contributed by atoms with Crippen molar-refractivity contribution in [1.29, 1.82) is 0 Å². The molecule has 1 aromatic rings. The van der Waals surface area contributed by atoms with Gasteiger partial charge in [0.25, 0.3) is 0 Å². The quantitative estimate of drug-likeness (QED) is 0.869. The van der Waals surface area contributed by atoms with Gasteiger partial charge < -0.3 is 15.1 Å². The monoisotopic (exact) mass is 267 g/mol. The first-order valence-electron chi connectivity index (χ1n) is 5.99. The molecule has 1 atom stereocenters. The van der Waals surface area contributed by atoms with Crippen molar-refractivity contribution in [1.82, 2.24) is 0 Å². The highest BCUT2D eigenvalue weighted by Gasteiger charge is 2.24. The van der Waals surface area contributed by atoms with Crippen molar-refractivity contribution in [3.05, 3.63) is 23.8 Å². The van der Waals surface area contributed by atoms with Gasteiger partial charge in [0, 0.05) is 18.0 Å². The van der Waals surface area contributed by atoms with Gasteiger partial charge >= 0.3 is 0 Å². The Morgan fingerprint density at radius 3 is 2.94 bits per heavy atom. The Balaban J connectivity index is 2.29. The molecule has 0 fully saturated rings. The zero-order chi connectivity index (χ0) is 13.1. The summed E-state index contributed by atoms with van der Waals surface area (Å²) in [5, 5.41) is 18.4. The van der Waals surface area contributed by atoms with Crippen LogP contribution in [0.3, 0.4) is 0 Å². The minimum Gasteiger partial charge on any atom is -0.396 e. The smallest absolute Gasteiger partial charge is 0.237 e. The van der Waals surface area contributed by atoms with Crippen LogP contribution in [0.2, 0.25) is 0 Å². The van der Waals surface area contributed by atoms with Crippen LogP contribution < -0.4 is 4.90 Å². The molecule has 2 N–H and O–H groups in total. The lowest BCUT2D eigenvalue weighted by atomic mass is 10.1. The van der Waals surface area contributed by atoms with Crippen LogP contribution in [0.15, 0.2) is 23.1 Å². The lowest BCUT2D eigenvalue weighted by Gasteiger charge is -2.29. The third-order valence-electron chi connectivity index (χ3n) is 2.95. The summed E-state index contributed by atoms with van der Waals surface area (Å²) in [7, 11) is 0. The second-order valence-electron chi connectivity index (χ2n) is 4.31. The lowest BCUT2D eigenvalue weighted by molar-refractivity contribution is -0.116. The molecular weight excluding hydrogens is 250 g/mol. The van der Waals surface area contributed by atoms with Crippen molar-refractivity contribution < 1.29 is 15.0 Å². The molecular formula is C13H17NO3S. The molecule has 1 amide bonds. The van der Waals surface area contributed by atoms with Crippen molar-refractivity contribution >= 4 is 23.4 Å². The summed E-state index contributed by atoms with van der Waals surface area (Å²) in [5.74, 6) is 0.493. The SMILES string of the molecule is CC(O)c1ccc2c(c1)SCC(=O)N2CCCO. The molecule has 0 aromatic heterocycles. The van der Waals surface area contributed by atoms with E-state index in [-0.39, 0.29) is 12.5 Å². The van der Waals surface area contributed by atoms with Gasteiger partial charge in [-0.1, -0.05) is 6.07 Å². The lowest BCUT2D eigenvalue weighted by Crippen LogP contribution is -2.36. The van der Waals surface area contributed by atoms with E-state index in [1.54, 1.807) is 11.8 Å². The standard InChI is InChI=1S/C13H17NO3S/c1-9(16)10-3-4-11-12(7-10)18-8-13(17)14(11)5-2-6-15/h3-4,7,9,15-16H,2,5-6,8H2,1H3. The normalized spacial score (nSPS) is 16.6. The van der Waals surface area contributed by atoms with E-state index in [0.717, 1.165) is 16.1 Å². The van der Waals surface area contributed by atoms with E-state index in [0.29, 0.717) is 18.7 Å². The van der Waals surface area contributed by atoms with Gasteiger partial charge in [-0.25, -0.2) is 0 Å². The van der Waals surface area contributed by atoms with E-state index in [1.165, 1.54) is 11.8 Å². The van der Waals surface area contributed by atoms with Gasteiger partial charge in [0.1, 0.15) is 0 Å². The highest BCUT2D eigenvalue weighted by Crippen LogP contribution is 2.37. The topological polar surface area (TPSA) is 60.8 Å². The molecule has 1 aromatic carbocycles. The minimum absolute atomic E-state index is 0.0748. The fourth-order valence-electron chi connectivity index (χ4n) is 1.95. The summed E-state index contributed by atoms with van der Waals surface area (Å²) in [6, 6.07) is 5.65. The number of aliphatic hydroxyl groups excluding tert-OH is 2. The number of hydrogen-bond donors (Lipinski definition) is 2. The van der Waals surface area contributed by atoms with E-state index in [1.807, 2.05) is 18.2 Å². The second-order valence-corrected chi connectivity index (χ2v) is 5.33. The van der Waals surface area contributed by atoms with Gasteiger partial charge in [-0.05, 0) is 31.0 Å². The van der Waals surface area contributed by atoms with Gasteiger partial charge in [0.2, 0.25) is 5.91 Å². The number of hydrogen-bond acceptors (Lipinski definition) is 4. The first-order valence-corrected chi connectivity index (χ1v) is 6.98. The summed E-state index contributed by atoms with van der Waals surface area (Å²) in [6.07, 6.45) is 0.0768. The van der Waals surface area contributed by atoms with Crippen LogP contribution in [0.25, 0.3) is 0 Å². The van der Waals surface area contributed by atoms with Gasteiger partial charge in [-0.3, -0.25) is 4.79 Å². The average Bonchev–Trinajstić information content (AvgIpc) is 2.37. The Labute approximate surface area is 111 Å². The third kappa shape index (κ3) is 2.68. The van der Waals surface area contributed by atoms with Crippen LogP contribution in [0.5, 0.6) is 0 Å². The van der Waals surface area contributed by atoms with Crippen molar-refractivity contribution in [3.8, 4) is 0 Å². The molecule has 4 nitrogen and oxygen atoms in total. The molecule has 1 unspecified atom stereocenters. The van der Waals surface area contributed by atoms with Gasteiger partial charge in [-0.15, -0.1) is 11.8 Å². The zero-order valence-corrected chi connectivity index (χ0v) is 11.1. The Morgan fingerprint density at radius 1 is 1.50 bits per heavy atom. The molecule has 98 valence electrons. The fraction of sp³-hybridized carbons (Fsp3) is 0.462. The van der Waals surface area contributed by atoms with Crippen molar-refractivity contribution in [2.45, 2.75) is 24.3 Å². The maximum absolute atomic E-state index is 11.9. The maximum Gasteiger partial charge on any atom is 0.237 e. The Hall–Kier alpha value is -1.04. The molecule has 1 aliphatic heterocycles. The Morgan fingerprint density at radius 2 is 2.28 bits per heavy atom. The maximum atomic E-state index is 11.9. The zero-order valence-electron chi connectivity index (χ0n) is 10.3. The first-order chi connectivity index (χ1) is 8.63. The number of anilines is 1. The molecule has 0 bridgehead atoms. The Kier molecular flexibility index (Phi) is 4.27. The molecule has 5 heteroatoms. The summed E-state index contributed by atoms with van der Waals surface area (Å²) in [6.45, 7) is 2.35. The third-order valence-corrected chi connectivity index (χ3v) is 3.98. The summed E-state index contributed by atoms with van der Waals surface area (Å²) < 4.78 is 0. The second kappa shape index (κ2) is 5.73. The fourth-order valence-corrected chi connectivity index (χ4v) is 2.94. The van der Waals surface area contributed by atoms with Crippen LogP contribution in [-0.4, -0.2) is 35.0 Å². The number of amides is 1. The molecule has 0 saturated heterocycles. The minimum atomic E-state index is -0.501. The van der Waals surface area contributed by atoms with Crippen LogP contribution in [-0.2, 0) is 4.79 Å². The van der Waals surface area contributed by atoms with Crippen molar-refractivity contribution in [2.75, 3.05) is 23.8 Å². The number of fused-ring (bicyclic) bond motifs is 1. The molecule has 0 spiro atoms. The Bertz CT molecular complexity index is 448. The van der Waals surface area contributed by atoms with Crippen LogP contribution in [0, 0.1) is 0 Å². The molecule has 0 saturated carbocycles. The van der Waals surface area contributed by atoms with E-state index in [4.69, 9.17) is 5.11 Å².